The van der Waals surface area contributed by atoms with Crippen molar-refractivity contribution in [3.8, 4) is 0 Å². The fourth-order valence-corrected chi connectivity index (χ4v) is 1.13. The van der Waals surface area contributed by atoms with E-state index in [1.165, 1.54) is 6.07 Å². The normalized spacial score (nSPS) is 11.4. The number of nitrogens with zero attached hydrogens (tertiary/aromatic N) is 1. The molecule has 4 nitrogen and oxygen atoms in total. The molecule has 0 amide bonds. The molecule has 88 valence electrons. The summed E-state index contributed by atoms with van der Waals surface area (Å²) in [4.78, 5) is 4.05. The summed E-state index contributed by atoms with van der Waals surface area (Å²) in [6, 6.07) is 3.66. The second-order valence-electron chi connectivity index (χ2n) is 3.09. The second kappa shape index (κ2) is 6.02. The molecule has 0 saturated carbocycles. The Morgan fingerprint density at radius 1 is 1.38 bits per heavy atom. The highest BCUT2D eigenvalue weighted by Crippen LogP contribution is 2.09. The molecule has 0 fully saturated rings. The van der Waals surface area contributed by atoms with E-state index in [4.69, 9.17) is 5.84 Å². The number of halogens is 2. The maximum Gasteiger partial charge on any atom is 0.206 e. The molecule has 0 atom stereocenters. The molecule has 0 bridgehead atoms. The summed E-state index contributed by atoms with van der Waals surface area (Å²) in [5.41, 5.74) is 2.94. The van der Waals surface area contributed by atoms with E-state index in [9.17, 15) is 8.78 Å². The Hall–Kier alpha value is -1.69. The second-order valence-corrected chi connectivity index (χ2v) is 3.09. The Balaban J connectivity index is 2.69. The van der Waals surface area contributed by atoms with Crippen LogP contribution in [-0.4, -0.2) is 12.5 Å². The molecule has 0 heterocycles. The van der Waals surface area contributed by atoms with E-state index in [1.54, 1.807) is 0 Å². The SMILES string of the molecule is CCNC(=NCc1ccc(F)c(F)c1)NN. The van der Waals surface area contributed by atoms with Gasteiger partial charge in [0, 0.05) is 6.54 Å². The minimum Gasteiger partial charge on any atom is -0.356 e. The van der Waals surface area contributed by atoms with Gasteiger partial charge >= 0.3 is 0 Å². The zero-order chi connectivity index (χ0) is 12.0. The van der Waals surface area contributed by atoms with Crippen LogP contribution in [0.5, 0.6) is 0 Å². The first-order valence-electron chi connectivity index (χ1n) is 4.86. The summed E-state index contributed by atoms with van der Waals surface area (Å²) in [7, 11) is 0. The van der Waals surface area contributed by atoms with Crippen molar-refractivity contribution in [2.24, 2.45) is 10.8 Å². The highest BCUT2D eigenvalue weighted by Gasteiger charge is 2.02. The fourth-order valence-electron chi connectivity index (χ4n) is 1.13. The van der Waals surface area contributed by atoms with Gasteiger partial charge in [-0.1, -0.05) is 6.07 Å². The lowest BCUT2D eigenvalue weighted by molar-refractivity contribution is 0.507. The number of hydrogen-bond donors (Lipinski definition) is 3. The van der Waals surface area contributed by atoms with Crippen molar-refractivity contribution in [1.82, 2.24) is 10.7 Å². The maximum atomic E-state index is 12.9. The maximum absolute atomic E-state index is 12.9. The minimum absolute atomic E-state index is 0.226. The van der Waals surface area contributed by atoms with Crippen molar-refractivity contribution in [3.05, 3.63) is 35.4 Å². The third kappa shape index (κ3) is 3.47. The predicted molar refractivity (Wildman–Crippen MR) is 58.5 cm³/mol. The summed E-state index contributed by atoms with van der Waals surface area (Å²) in [5, 5.41) is 2.87. The zero-order valence-electron chi connectivity index (χ0n) is 8.93. The number of aliphatic imine (C=N–C) groups is 1. The molecule has 0 saturated heterocycles. The molecule has 4 N–H and O–H groups in total. The Labute approximate surface area is 92.5 Å². The average molecular weight is 228 g/mol. The predicted octanol–water partition coefficient (Wildman–Crippen LogP) is 0.894. The largest absolute Gasteiger partial charge is 0.356 e. The van der Waals surface area contributed by atoms with Gasteiger partial charge in [-0.25, -0.2) is 19.6 Å². The minimum atomic E-state index is -0.876. The fraction of sp³-hybridized carbons (Fsp3) is 0.300. The van der Waals surface area contributed by atoms with Crippen LogP contribution in [-0.2, 0) is 6.54 Å². The molecular formula is C10H14F2N4. The number of guanidine groups is 1. The first-order chi connectivity index (χ1) is 7.67. The molecule has 1 aromatic carbocycles. The van der Waals surface area contributed by atoms with E-state index in [-0.39, 0.29) is 6.54 Å². The number of hydrazine groups is 1. The van der Waals surface area contributed by atoms with Crippen LogP contribution >= 0.6 is 0 Å². The third-order valence-electron chi connectivity index (χ3n) is 1.88. The van der Waals surface area contributed by atoms with Crippen LogP contribution in [0.25, 0.3) is 0 Å². The van der Waals surface area contributed by atoms with E-state index in [0.29, 0.717) is 18.1 Å². The van der Waals surface area contributed by atoms with Crippen molar-refractivity contribution >= 4 is 5.96 Å². The molecule has 1 aromatic rings. The first kappa shape index (κ1) is 12.4. The molecule has 1 rings (SSSR count). The van der Waals surface area contributed by atoms with Gasteiger partial charge in [0.05, 0.1) is 6.54 Å². The van der Waals surface area contributed by atoms with Gasteiger partial charge in [-0.15, -0.1) is 0 Å². The quantitative estimate of drug-likeness (QED) is 0.312. The van der Waals surface area contributed by atoms with Crippen LogP contribution in [0, 0.1) is 11.6 Å². The molecule has 0 aliphatic carbocycles. The van der Waals surface area contributed by atoms with Gasteiger partial charge in [-0.05, 0) is 24.6 Å². The van der Waals surface area contributed by atoms with E-state index in [0.717, 1.165) is 12.1 Å². The van der Waals surface area contributed by atoms with Crippen molar-refractivity contribution in [2.45, 2.75) is 13.5 Å². The van der Waals surface area contributed by atoms with Gasteiger partial charge in [0.2, 0.25) is 5.96 Å². The zero-order valence-corrected chi connectivity index (χ0v) is 8.93. The lowest BCUT2D eigenvalue weighted by Crippen LogP contribution is -2.41. The number of nitrogens with one attached hydrogen (secondary N) is 2. The number of benzene rings is 1. The average Bonchev–Trinajstić information content (AvgIpc) is 2.28. The van der Waals surface area contributed by atoms with Gasteiger partial charge in [-0.3, -0.25) is 5.43 Å². The molecule has 0 radical (unpaired) electrons. The van der Waals surface area contributed by atoms with Gasteiger partial charge in [0.15, 0.2) is 11.6 Å². The number of hydrogen-bond acceptors (Lipinski definition) is 2. The van der Waals surface area contributed by atoms with Gasteiger partial charge < -0.3 is 5.32 Å². The van der Waals surface area contributed by atoms with Gasteiger partial charge in [0.25, 0.3) is 0 Å². The summed E-state index contributed by atoms with van der Waals surface area (Å²) in [6.07, 6.45) is 0. The summed E-state index contributed by atoms with van der Waals surface area (Å²) in [6.45, 7) is 2.79. The Bertz CT molecular complexity index is 379. The van der Waals surface area contributed by atoms with E-state index in [1.807, 2.05) is 6.92 Å². The van der Waals surface area contributed by atoms with Crippen molar-refractivity contribution in [1.29, 1.82) is 0 Å². The molecule has 0 aromatic heterocycles. The van der Waals surface area contributed by atoms with Gasteiger partial charge in [-0.2, -0.15) is 0 Å². The van der Waals surface area contributed by atoms with Crippen LogP contribution < -0.4 is 16.6 Å². The van der Waals surface area contributed by atoms with Crippen LogP contribution in [0.15, 0.2) is 23.2 Å². The third-order valence-corrected chi connectivity index (χ3v) is 1.88. The smallest absolute Gasteiger partial charge is 0.206 e. The number of nitrogens with two attached hydrogens (primary N) is 1. The summed E-state index contributed by atoms with van der Waals surface area (Å²) < 4.78 is 25.5. The van der Waals surface area contributed by atoms with Crippen LogP contribution in [0.4, 0.5) is 8.78 Å². The monoisotopic (exact) mass is 228 g/mol. The standard InChI is InChI=1S/C10H14F2N4/c1-2-14-10(16-13)15-6-7-3-4-8(11)9(12)5-7/h3-5H,2,6,13H2,1H3,(H2,14,15,16). The Morgan fingerprint density at radius 3 is 2.69 bits per heavy atom. The van der Waals surface area contributed by atoms with Crippen molar-refractivity contribution in [3.63, 3.8) is 0 Å². The topological polar surface area (TPSA) is 62.4 Å². The number of rotatable bonds is 3. The molecule has 16 heavy (non-hydrogen) atoms. The molecule has 0 unspecified atom stereocenters. The highest BCUT2D eigenvalue weighted by atomic mass is 19.2. The van der Waals surface area contributed by atoms with E-state index in [2.05, 4.69) is 15.7 Å². The molecule has 0 spiro atoms. The van der Waals surface area contributed by atoms with E-state index >= 15 is 0 Å². The van der Waals surface area contributed by atoms with Crippen LogP contribution in [0.2, 0.25) is 0 Å². The molecule has 0 aliphatic heterocycles. The summed E-state index contributed by atoms with van der Waals surface area (Å²) in [5.74, 6) is 3.87. The van der Waals surface area contributed by atoms with Gasteiger partial charge in [0.1, 0.15) is 0 Å². The first-order valence-corrected chi connectivity index (χ1v) is 4.86. The summed E-state index contributed by atoms with van der Waals surface area (Å²) >= 11 is 0. The van der Waals surface area contributed by atoms with Crippen molar-refractivity contribution in [2.75, 3.05) is 6.54 Å². The molecule has 0 aliphatic rings. The molecular weight excluding hydrogens is 214 g/mol. The molecule has 6 heteroatoms. The van der Waals surface area contributed by atoms with Crippen LogP contribution in [0.3, 0.4) is 0 Å². The lowest BCUT2D eigenvalue weighted by atomic mass is 10.2. The van der Waals surface area contributed by atoms with Crippen molar-refractivity contribution < 1.29 is 8.78 Å². The lowest BCUT2D eigenvalue weighted by Gasteiger charge is -2.06. The highest BCUT2D eigenvalue weighted by molar-refractivity contribution is 5.79. The van der Waals surface area contributed by atoms with E-state index < -0.39 is 11.6 Å². The Morgan fingerprint density at radius 2 is 2.12 bits per heavy atom. The van der Waals surface area contributed by atoms with Crippen LogP contribution in [0.1, 0.15) is 12.5 Å². The Kier molecular flexibility index (Phi) is 4.65.